The van der Waals surface area contributed by atoms with Crippen LogP contribution in [0.25, 0.3) is 10.1 Å². The number of fused-ring (bicyclic) bond motifs is 1. The van der Waals surface area contributed by atoms with Gasteiger partial charge in [0.2, 0.25) is 5.91 Å². The highest BCUT2D eigenvalue weighted by Crippen LogP contribution is 2.35. The van der Waals surface area contributed by atoms with E-state index in [9.17, 15) is 4.79 Å². The topological polar surface area (TPSA) is 45.2 Å². The van der Waals surface area contributed by atoms with Crippen LogP contribution in [0.1, 0.15) is 18.5 Å². The lowest BCUT2D eigenvalue weighted by Gasteiger charge is -2.32. The first-order chi connectivity index (χ1) is 11.7. The second kappa shape index (κ2) is 6.53. The van der Waals surface area contributed by atoms with Crippen molar-refractivity contribution < 1.29 is 4.79 Å². The Hall–Kier alpha value is -1.92. The predicted molar refractivity (Wildman–Crippen MR) is 102 cm³/mol. The van der Waals surface area contributed by atoms with Gasteiger partial charge in [0.15, 0.2) is 0 Å². The van der Waals surface area contributed by atoms with Crippen molar-refractivity contribution in [2.75, 3.05) is 23.3 Å². The zero-order valence-electron chi connectivity index (χ0n) is 13.5. The van der Waals surface area contributed by atoms with Gasteiger partial charge in [0.1, 0.15) is 5.00 Å². The lowest BCUT2D eigenvalue weighted by molar-refractivity contribution is -0.120. The molecule has 0 spiro atoms. The van der Waals surface area contributed by atoms with Gasteiger partial charge in [-0.15, -0.1) is 11.3 Å². The summed E-state index contributed by atoms with van der Waals surface area (Å²) in [4.78, 5) is 14.8. The quantitative estimate of drug-likeness (QED) is 0.749. The van der Waals surface area contributed by atoms with E-state index in [0.717, 1.165) is 36.6 Å². The standard InChI is InChI=1S/C18H19N3OS2/c1-12-10-17(24-20-12)19-18(22)13-6-8-21(9-7-13)15-11-23-16-5-3-2-4-14(15)16/h2-5,10-11,13H,6-9H2,1H3,(H,19,22). The molecule has 0 radical (unpaired) electrons. The number of aryl methyl sites for hydroxylation is 1. The molecule has 1 aliphatic heterocycles. The molecule has 0 atom stereocenters. The van der Waals surface area contributed by atoms with E-state index in [1.807, 2.05) is 13.0 Å². The highest BCUT2D eigenvalue weighted by atomic mass is 32.1. The highest BCUT2D eigenvalue weighted by molar-refractivity contribution is 7.17. The molecule has 24 heavy (non-hydrogen) atoms. The van der Waals surface area contributed by atoms with Crippen molar-refractivity contribution >= 4 is 49.6 Å². The summed E-state index contributed by atoms with van der Waals surface area (Å²) in [7, 11) is 0. The van der Waals surface area contributed by atoms with Gasteiger partial charge in [0, 0.05) is 34.5 Å². The Bertz CT molecular complexity index is 862. The first kappa shape index (κ1) is 15.6. The normalized spacial score (nSPS) is 15.8. The number of benzene rings is 1. The van der Waals surface area contributed by atoms with Crippen molar-refractivity contribution in [3.05, 3.63) is 41.4 Å². The van der Waals surface area contributed by atoms with Crippen LogP contribution in [0.3, 0.4) is 0 Å². The zero-order valence-corrected chi connectivity index (χ0v) is 15.1. The summed E-state index contributed by atoms with van der Waals surface area (Å²) < 4.78 is 5.54. The van der Waals surface area contributed by atoms with Crippen molar-refractivity contribution in [3.8, 4) is 0 Å². The number of carbonyl (C=O) groups excluding carboxylic acids is 1. The summed E-state index contributed by atoms with van der Waals surface area (Å²) >= 11 is 3.14. The molecule has 1 aliphatic rings. The molecule has 124 valence electrons. The maximum Gasteiger partial charge on any atom is 0.228 e. The van der Waals surface area contributed by atoms with Crippen LogP contribution in [-0.2, 0) is 4.79 Å². The van der Waals surface area contributed by atoms with Crippen molar-refractivity contribution in [1.82, 2.24) is 4.37 Å². The second-order valence-corrected chi connectivity index (χ2v) is 7.92. The Balaban J connectivity index is 1.40. The molecule has 1 amide bonds. The lowest BCUT2D eigenvalue weighted by atomic mass is 9.95. The number of carbonyl (C=O) groups is 1. The molecule has 1 aromatic carbocycles. The third-order valence-electron chi connectivity index (χ3n) is 4.54. The van der Waals surface area contributed by atoms with Crippen molar-refractivity contribution in [2.24, 2.45) is 5.92 Å². The smallest absolute Gasteiger partial charge is 0.228 e. The van der Waals surface area contributed by atoms with Crippen LogP contribution in [0, 0.1) is 12.8 Å². The number of thiophene rings is 1. The molecule has 1 fully saturated rings. The molecular weight excluding hydrogens is 338 g/mol. The summed E-state index contributed by atoms with van der Waals surface area (Å²) in [6.45, 7) is 3.80. The SMILES string of the molecule is Cc1cc(NC(=O)C2CCN(c3csc4ccccc34)CC2)sn1. The number of hydrogen-bond donors (Lipinski definition) is 1. The first-order valence-electron chi connectivity index (χ1n) is 8.16. The minimum absolute atomic E-state index is 0.0913. The number of piperidine rings is 1. The molecule has 1 N–H and O–H groups in total. The van der Waals surface area contributed by atoms with E-state index in [2.05, 4.69) is 44.2 Å². The monoisotopic (exact) mass is 357 g/mol. The van der Waals surface area contributed by atoms with Gasteiger partial charge in [0.25, 0.3) is 0 Å². The Morgan fingerprint density at radius 2 is 2.08 bits per heavy atom. The summed E-state index contributed by atoms with van der Waals surface area (Å²) in [6, 6.07) is 10.5. The van der Waals surface area contributed by atoms with E-state index in [4.69, 9.17) is 0 Å². The number of rotatable bonds is 3. The van der Waals surface area contributed by atoms with Crippen LogP contribution < -0.4 is 10.2 Å². The van der Waals surface area contributed by atoms with E-state index in [0.29, 0.717) is 0 Å². The second-order valence-electron chi connectivity index (χ2n) is 6.20. The van der Waals surface area contributed by atoms with Gasteiger partial charge < -0.3 is 10.2 Å². The van der Waals surface area contributed by atoms with Crippen LogP contribution in [0.15, 0.2) is 35.7 Å². The predicted octanol–water partition coefficient (Wildman–Crippen LogP) is 4.52. The third kappa shape index (κ3) is 3.03. The van der Waals surface area contributed by atoms with Crippen LogP contribution in [0.2, 0.25) is 0 Å². The Morgan fingerprint density at radius 3 is 2.83 bits per heavy atom. The Kier molecular flexibility index (Phi) is 4.24. The summed E-state index contributed by atoms with van der Waals surface area (Å²) in [5.74, 6) is 0.224. The molecule has 1 saturated heterocycles. The van der Waals surface area contributed by atoms with Crippen LogP contribution in [-0.4, -0.2) is 23.4 Å². The van der Waals surface area contributed by atoms with E-state index in [1.165, 1.54) is 27.3 Å². The van der Waals surface area contributed by atoms with Crippen LogP contribution in [0.4, 0.5) is 10.7 Å². The van der Waals surface area contributed by atoms with Crippen molar-refractivity contribution in [3.63, 3.8) is 0 Å². The molecule has 2 aromatic heterocycles. The van der Waals surface area contributed by atoms with E-state index in [-0.39, 0.29) is 11.8 Å². The fourth-order valence-electron chi connectivity index (χ4n) is 3.24. The maximum atomic E-state index is 12.4. The third-order valence-corrected chi connectivity index (χ3v) is 6.29. The molecule has 4 nitrogen and oxygen atoms in total. The largest absolute Gasteiger partial charge is 0.370 e. The number of amides is 1. The van der Waals surface area contributed by atoms with Gasteiger partial charge in [-0.25, -0.2) is 0 Å². The fraction of sp³-hybridized carbons (Fsp3) is 0.333. The minimum atomic E-state index is 0.0913. The average Bonchev–Trinajstić information content (AvgIpc) is 3.21. The molecule has 3 aromatic rings. The van der Waals surface area contributed by atoms with Gasteiger partial charge in [-0.05, 0) is 43.4 Å². The van der Waals surface area contributed by atoms with Crippen LogP contribution >= 0.6 is 22.9 Å². The van der Waals surface area contributed by atoms with Crippen molar-refractivity contribution in [1.29, 1.82) is 0 Å². The molecule has 0 aliphatic carbocycles. The van der Waals surface area contributed by atoms with Crippen molar-refractivity contribution in [2.45, 2.75) is 19.8 Å². The molecule has 6 heteroatoms. The van der Waals surface area contributed by atoms with E-state index in [1.54, 1.807) is 11.3 Å². The van der Waals surface area contributed by atoms with E-state index < -0.39 is 0 Å². The molecule has 0 unspecified atom stereocenters. The van der Waals surface area contributed by atoms with Gasteiger partial charge in [-0.3, -0.25) is 4.79 Å². The molecule has 0 bridgehead atoms. The molecular formula is C18H19N3OS2. The molecule has 0 saturated carbocycles. The first-order valence-corrected chi connectivity index (χ1v) is 9.81. The Labute approximate surface area is 149 Å². The maximum absolute atomic E-state index is 12.4. The number of nitrogens with zero attached hydrogens (tertiary/aromatic N) is 2. The van der Waals surface area contributed by atoms with Crippen LogP contribution in [0.5, 0.6) is 0 Å². The molecule has 3 heterocycles. The van der Waals surface area contributed by atoms with Gasteiger partial charge in [-0.2, -0.15) is 4.37 Å². The van der Waals surface area contributed by atoms with Gasteiger partial charge in [0.05, 0.1) is 11.4 Å². The van der Waals surface area contributed by atoms with Gasteiger partial charge in [-0.1, -0.05) is 18.2 Å². The fourth-order valence-corrected chi connectivity index (χ4v) is 4.87. The summed E-state index contributed by atoms with van der Waals surface area (Å²) in [5.41, 5.74) is 2.27. The van der Waals surface area contributed by atoms with E-state index >= 15 is 0 Å². The summed E-state index contributed by atoms with van der Waals surface area (Å²) in [6.07, 6.45) is 1.79. The number of nitrogens with one attached hydrogen (secondary N) is 1. The Morgan fingerprint density at radius 1 is 1.29 bits per heavy atom. The lowest BCUT2D eigenvalue weighted by Crippen LogP contribution is -2.38. The number of anilines is 2. The number of aromatic nitrogens is 1. The highest BCUT2D eigenvalue weighted by Gasteiger charge is 2.26. The summed E-state index contributed by atoms with van der Waals surface area (Å²) in [5, 5.41) is 7.43. The van der Waals surface area contributed by atoms with Gasteiger partial charge >= 0.3 is 0 Å². The number of hydrogen-bond acceptors (Lipinski definition) is 5. The molecule has 4 rings (SSSR count). The zero-order chi connectivity index (χ0) is 16.5. The average molecular weight is 358 g/mol. The minimum Gasteiger partial charge on any atom is -0.370 e.